The summed E-state index contributed by atoms with van der Waals surface area (Å²) in [4.78, 5) is 11.9. The number of fused-ring (bicyclic) bond motifs is 1. The molecule has 102 valence electrons. The molecular formula is C15H20N2O2. The van der Waals surface area contributed by atoms with Crippen molar-refractivity contribution < 1.29 is 9.53 Å². The van der Waals surface area contributed by atoms with Crippen LogP contribution in [0.2, 0.25) is 0 Å². The first-order valence-electron chi connectivity index (χ1n) is 6.95. The first-order chi connectivity index (χ1) is 9.29. The van der Waals surface area contributed by atoms with E-state index in [1.165, 1.54) is 18.4 Å². The van der Waals surface area contributed by atoms with Crippen LogP contribution in [0.5, 0.6) is 0 Å². The van der Waals surface area contributed by atoms with E-state index >= 15 is 0 Å². The largest absolute Gasteiger partial charge is 0.469 e. The summed E-state index contributed by atoms with van der Waals surface area (Å²) in [6.07, 6.45) is 2.93. The van der Waals surface area contributed by atoms with Gasteiger partial charge in [0.05, 0.1) is 13.0 Å². The molecule has 1 aromatic rings. The topological polar surface area (TPSA) is 50.4 Å². The van der Waals surface area contributed by atoms with Gasteiger partial charge in [-0.25, -0.2) is 0 Å². The van der Waals surface area contributed by atoms with E-state index in [0.717, 1.165) is 25.8 Å². The highest BCUT2D eigenvalue weighted by atomic mass is 16.5. The Morgan fingerprint density at radius 3 is 3.00 bits per heavy atom. The van der Waals surface area contributed by atoms with Crippen molar-refractivity contribution in [2.24, 2.45) is 5.92 Å². The number of benzene rings is 1. The predicted molar refractivity (Wildman–Crippen MR) is 74.1 cm³/mol. The fourth-order valence-electron chi connectivity index (χ4n) is 3.29. The molecule has 2 N–H and O–H groups in total. The van der Waals surface area contributed by atoms with Gasteiger partial charge in [-0.15, -0.1) is 0 Å². The number of para-hydroxylation sites is 1. The third kappa shape index (κ3) is 2.32. The van der Waals surface area contributed by atoms with Crippen molar-refractivity contribution in [3.63, 3.8) is 0 Å². The molecule has 0 spiro atoms. The van der Waals surface area contributed by atoms with Crippen molar-refractivity contribution in [2.45, 2.75) is 31.3 Å². The Kier molecular flexibility index (Phi) is 3.42. The van der Waals surface area contributed by atoms with Crippen molar-refractivity contribution in [1.82, 2.24) is 5.32 Å². The third-order valence-electron chi connectivity index (χ3n) is 4.24. The maximum atomic E-state index is 11.9. The lowest BCUT2D eigenvalue weighted by molar-refractivity contribution is -0.147. The smallest absolute Gasteiger partial charge is 0.310 e. The molecule has 0 amide bonds. The Hall–Kier alpha value is -1.55. The van der Waals surface area contributed by atoms with Crippen molar-refractivity contribution >= 4 is 11.7 Å². The van der Waals surface area contributed by atoms with Gasteiger partial charge < -0.3 is 15.4 Å². The van der Waals surface area contributed by atoms with Crippen LogP contribution >= 0.6 is 0 Å². The maximum Gasteiger partial charge on any atom is 0.310 e. The van der Waals surface area contributed by atoms with E-state index in [0.29, 0.717) is 0 Å². The number of hydrogen-bond donors (Lipinski definition) is 2. The minimum atomic E-state index is -0.0880. The number of anilines is 1. The number of carbonyl (C=O) groups is 1. The van der Waals surface area contributed by atoms with Crippen LogP contribution in [0.4, 0.5) is 5.69 Å². The highest BCUT2D eigenvalue weighted by Gasteiger charge is 2.38. The van der Waals surface area contributed by atoms with Gasteiger partial charge in [0.2, 0.25) is 0 Å². The van der Waals surface area contributed by atoms with Crippen molar-refractivity contribution in [3.05, 3.63) is 29.8 Å². The predicted octanol–water partition coefficient (Wildman–Crippen LogP) is 1.56. The molecule has 3 rings (SSSR count). The second-order valence-corrected chi connectivity index (χ2v) is 5.36. The van der Waals surface area contributed by atoms with Crippen LogP contribution in [0, 0.1) is 5.92 Å². The third-order valence-corrected chi connectivity index (χ3v) is 4.24. The summed E-state index contributed by atoms with van der Waals surface area (Å²) in [5.41, 5.74) is 2.53. The van der Waals surface area contributed by atoms with Crippen molar-refractivity contribution in [3.8, 4) is 0 Å². The highest BCUT2D eigenvalue weighted by molar-refractivity contribution is 5.74. The number of esters is 1. The molecule has 1 fully saturated rings. The van der Waals surface area contributed by atoms with Crippen LogP contribution < -0.4 is 10.6 Å². The SMILES string of the molecule is COC(=O)C1CCCNC1C1Cc2ccccc2N1. The molecule has 2 aliphatic rings. The Bertz CT molecular complexity index is 450. The van der Waals surface area contributed by atoms with Crippen LogP contribution in [-0.4, -0.2) is 31.7 Å². The van der Waals surface area contributed by atoms with E-state index in [2.05, 4.69) is 28.8 Å². The molecule has 0 saturated carbocycles. The lowest BCUT2D eigenvalue weighted by Crippen LogP contribution is -2.53. The quantitative estimate of drug-likeness (QED) is 0.792. The summed E-state index contributed by atoms with van der Waals surface area (Å²) in [6, 6.07) is 8.80. The lowest BCUT2D eigenvalue weighted by atomic mass is 9.85. The summed E-state index contributed by atoms with van der Waals surface area (Å²) >= 11 is 0. The molecule has 0 bridgehead atoms. The molecule has 1 aromatic carbocycles. The van der Waals surface area contributed by atoms with E-state index < -0.39 is 0 Å². The van der Waals surface area contributed by atoms with Crippen LogP contribution in [-0.2, 0) is 16.0 Å². The molecule has 0 aromatic heterocycles. The second kappa shape index (κ2) is 5.21. The fraction of sp³-hybridized carbons (Fsp3) is 0.533. The Morgan fingerprint density at radius 1 is 1.37 bits per heavy atom. The molecule has 0 aliphatic carbocycles. The zero-order valence-corrected chi connectivity index (χ0v) is 11.2. The summed E-state index contributed by atoms with van der Waals surface area (Å²) in [6.45, 7) is 0.979. The number of methoxy groups -OCH3 is 1. The molecule has 19 heavy (non-hydrogen) atoms. The summed E-state index contributed by atoms with van der Waals surface area (Å²) in [5, 5.41) is 7.04. The molecule has 1 saturated heterocycles. The molecule has 3 atom stereocenters. The van der Waals surface area contributed by atoms with E-state index in [4.69, 9.17) is 4.74 Å². The number of ether oxygens (including phenoxy) is 1. The average Bonchev–Trinajstić information content (AvgIpc) is 2.90. The highest BCUT2D eigenvalue weighted by Crippen LogP contribution is 2.31. The standard InChI is InChI=1S/C15H20N2O2/c1-19-15(18)11-6-4-8-16-14(11)13-9-10-5-2-3-7-12(10)17-13/h2-3,5,7,11,13-14,16-17H,4,6,8-9H2,1H3. The monoisotopic (exact) mass is 260 g/mol. The van der Waals surface area contributed by atoms with Gasteiger partial charge in [-0.05, 0) is 37.4 Å². The van der Waals surface area contributed by atoms with Crippen LogP contribution in [0.3, 0.4) is 0 Å². The number of nitrogens with one attached hydrogen (secondary N) is 2. The first-order valence-corrected chi connectivity index (χ1v) is 6.95. The summed E-state index contributed by atoms with van der Waals surface area (Å²) in [7, 11) is 1.48. The summed E-state index contributed by atoms with van der Waals surface area (Å²) in [5.74, 6) is -0.125. The van der Waals surface area contributed by atoms with E-state index in [1.807, 2.05) is 6.07 Å². The first kappa shape index (κ1) is 12.5. The molecule has 0 radical (unpaired) electrons. The van der Waals surface area contributed by atoms with Gasteiger partial charge in [-0.2, -0.15) is 0 Å². The van der Waals surface area contributed by atoms with Crippen LogP contribution in [0.1, 0.15) is 18.4 Å². The Balaban J connectivity index is 1.76. The zero-order valence-electron chi connectivity index (χ0n) is 11.2. The van der Waals surface area contributed by atoms with E-state index in [9.17, 15) is 4.79 Å². The normalized spacial score (nSPS) is 29.4. The minimum absolute atomic E-state index is 0.0365. The zero-order chi connectivity index (χ0) is 13.2. The number of hydrogen-bond acceptors (Lipinski definition) is 4. The van der Waals surface area contributed by atoms with Crippen molar-refractivity contribution in [1.29, 1.82) is 0 Å². The van der Waals surface area contributed by atoms with E-state index in [1.54, 1.807) is 0 Å². The van der Waals surface area contributed by atoms with Gasteiger partial charge in [0.15, 0.2) is 0 Å². The van der Waals surface area contributed by atoms with E-state index in [-0.39, 0.29) is 24.0 Å². The van der Waals surface area contributed by atoms with Gasteiger partial charge in [-0.3, -0.25) is 4.79 Å². The van der Waals surface area contributed by atoms with Gasteiger partial charge in [0.25, 0.3) is 0 Å². The fourth-order valence-corrected chi connectivity index (χ4v) is 3.29. The summed E-state index contributed by atoms with van der Waals surface area (Å²) < 4.78 is 4.95. The van der Waals surface area contributed by atoms with Crippen LogP contribution in [0.15, 0.2) is 24.3 Å². The van der Waals surface area contributed by atoms with Gasteiger partial charge in [-0.1, -0.05) is 18.2 Å². The number of rotatable bonds is 2. The molecule has 3 unspecified atom stereocenters. The molecular weight excluding hydrogens is 240 g/mol. The molecule has 4 nitrogen and oxygen atoms in total. The van der Waals surface area contributed by atoms with Crippen molar-refractivity contribution in [2.75, 3.05) is 19.0 Å². The Labute approximate surface area is 113 Å². The van der Waals surface area contributed by atoms with Gasteiger partial charge in [0, 0.05) is 17.8 Å². The molecule has 4 heteroatoms. The molecule has 2 heterocycles. The van der Waals surface area contributed by atoms with Gasteiger partial charge >= 0.3 is 5.97 Å². The average molecular weight is 260 g/mol. The van der Waals surface area contributed by atoms with Gasteiger partial charge in [0.1, 0.15) is 0 Å². The Morgan fingerprint density at radius 2 is 2.21 bits per heavy atom. The molecule has 2 aliphatic heterocycles. The van der Waals surface area contributed by atoms with Crippen LogP contribution in [0.25, 0.3) is 0 Å². The lowest BCUT2D eigenvalue weighted by Gasteiger charge is -2.35. The number of piperidine rings is 1. The second-order valence-electron chi connectivity index (χ2n) is 5.36. The number of carbonyl (C=O) groups excluding carboxylic acids is 1. The minimum Gasteiger partial charge on any atom is -0.469 e. The maximum absolute atomic E-state index is 11.9.